The fraction of sp³-hybridized carbons (Fsp3) is 0.435. The molecule has 0 radical (unpaired) electrons. The summed E-state index contributed by atoms with van der Waals surface area (Å²) in [7, 11) is -4.93. The zero-order valence-corrected chi connectivity index (χ0v) is 20.0. The van der Waals surface area contributed by atoms with Crippen LogP contribution >= 0.6 is 7.37 Å². The first kappa shape index (κ1) is 25.5. The molecule has 0 aliphatic heterocycles. The molecule has 8 heteroatoms. The highest BCUT2D eigenvalue weighted by molar-refractivity contribution is 7.84. The number of carboxylic acid groups (broad SMARTS) is 1. The molecule has 0 aliphatic rings. The van der Waals surface area contributed by atoms with E-state index >= 15 is 0 Å². The van der Waals surface area contributed by atoms with Gasteiger partial charge in [-0.25, -0.2) is 8.93 Å². The van der Waals surface area contributed by atoms with Gasteiger partial charge in [0, 0.05) is 12.6 Å². The number of aryl methyl sites for hydroxylation is 1. The summed E-state index contributed by atoms with van der Waals surface area (Å²) in [5, 5.41) is 9.20. The van der Waals surface area contributed by atoms with Gasteiger partial charge in [0.05, 0.1) is 28.1 Å². The molecule has 2 unspecified atom stereocenters. The number of carbonyl (C=O) groups is 1. The number of hydrogen-bond donors (Lipinski definition) is 2. The van der Waals surface area contributed by atoms with E-state index in [1.807, 2.05) is 81.4 Å². The average molecular weight is 466 g/mol. The number of benzene rings is 2. The summed E-state index contributed by atoms with van der Waals surface area (Å²) in [5.74, 6) is -1.82. The van der Waals surface area contributed by atoms with E-state index in [0.717, 1.165) is 11.1 Å². The van der Waals surface area contributed by atoms with Crippen molar-refractivity contribution in [2.75, 3.05) is 6.16 Å². The zero-order chi connectivity index (χ0) is 22.9. The lowest BCUT2D eigenvalue weighted by Crippen LogP contribution is -2.40. The zero-order valence-electron chi connectivity index (χ0n) is 18.3. The molecule has 0 spiro atoms. The molecule has 2 aromatic rings. The van der Waals surface area contributed by atoms with Gasteiger partial charge in [-0.2, -0.15) is 0 Å². The topological polar surface area (TPSA) is 92.7 Å². The van der Waals surface area contributed by atoms with E-state index in [4.69, 9.17) is 4.52 Å². The molecular weight excluding hydrogens is 433 g/mol. The minimum Gasteiger partial charge on any atom is -0.481 e. The van der Waals surface area contributed by atoms with Crippen LogP contribution in [0.15, 0.2) is 60.7 Å². The van der Waals surface area contributed by atoms with E-state index in [-0.39, 0.29) is 25.6 Å². The first-order valence-corrected chi connectivity index (χ1v) is 13.3. The lowest BCUT2D eigenvalue weighted by atomic mass is 10.2. The smallest absolute Gasteiger partial charge is 0.303 e. The van der Waals surface area contributed by atoms with E-state index in [9.17, 15) is 18.7 Å². The number of nitrogens with one attached hydrogen (secondary N) is 1. The van der Waals surface area contributed by atoms with Gasteiger partial charge < -0.3 is 9.63 Å². The highest BCUT2D eigenvalue weighted by Gasteiger charge is 2.37. The molecule has 2 rings (SSSR count). The maximum Gasteiger partial charge on any atom is 0.303 e. The monoisotopic (exact) mass is 465 g/mol. The van der Waals surface area contributed by atoms with Gasteiger partial charge in [-0.1, -0.05) is 60.7 Å². The Balaban J connectivity index is 2.29. The van der Waals surface area contributed by atoms with Crippen molar-refractivity contribution < 1.29 is 23.2 Å². The number of aliphatic carboxylic acids is 1. The van der Waals surface area contributed by atoms with E-state index in [1.54, 1.807) is 0 Å². The molecule has 2 aromatic carbocycles. The second-order valence-corrected chi connectivity index (χ2v) is 13.2. The molecule has 0 amide bonds. The van der Waals surface area contributed by atoms with Crippen LogP contribution < -0.4 is 4.72 Å². The summed E-state index contributed by atoms with van der Waals surface area (Å²) in [6, 6.07) is 19.1. The Morgan fingerprint density at radius 3 is 2.13 bits per heavy atom. The second-order valence-electron chi connectivity index (χ2n) is 8.39. The summed E-state index contributed by atoms with van der Waals surface area (Å²) >= 11 is 0. The highest BCUT2D eigenvalue weighted by atomic mass is 32.2. The van der Waals surface area contributed by atoms with Gasteiger partial charge in [-0.15, -0.1) is 0 Å². The number of carboxylic acids is 1. The number of hydrogen-bond acceptors (Lipinski definition) is 4. The molecule has 0 saturated carbocycles. The van der Waals surface area contributed by atoms with Crippen LogP contribution in [0.1, 0.15) is 44.7 Å². The minimum atomic E-state index is -3.41. The molecule has 0 aliphatic carbocycles. The van der Waals surface area contributed by atoms with Crippen LogP contribution in [0.3, 0.4) is 0 Å². The third-order valence-electron chi connectivity index (χ3n) is 4.75. The molecular formula is C23H32NO5PS. The fourth-order valence-electron chi connectivity index (χ4n) is 2.89. The van der Waals surface area contributed by atoms with Crippen LogP contribution in [0, 0.1) is 0 Å². The molecule has 31 heavy (non-hydrogen) atoms. The van der Waals surface area contributed by atoms with Crippen molar-refractivity contribution in [2.45, 2.75) is 57.2 Å². The van der Waals surface area contributed by atoms with Gasteiger partial charge in [0.2, 0.25) is 7.37 Å². The minimum absolute atomic E-state index is 0.0675. The molecule has 0 aromatic heterocycles. The van der Waals surface area contributed by atoms with E-state index < -0.39 is 34.9 Å². The number of rotatable bonds is 12. The lowest BCUT2D eigenvalue weighted by molar-refractivity contribution is -0.137. The molecule has 0 saturated heterocycles. The highest BCUT2D eigenvalue weighted by Crippen LogP contribution is 2.53. The summed E-state index contributed by atoms with van der Waals surface area (Å²) in [6.45, 7) is 5.57. The molecule has 2 N–H and O–H groups in total. The first-order chi connectivity index (χ1) is 14.6. The summed E-state index contributed by atoms with van der Waals surface area (Å²) in [5.41, 5.74) is 1.89. The normalized spacial score (nSPS) is 15.7. The van der Waals surface area contributed by atoms with Crippen molar-refractivity contribution in [3.8, 4) is 0 Å². The van der Waals surface area contributed by atoms with Crippen molar-refractivity contribution in [1.82, 2.24) is 4.72 Å². The molecule has 0 fully saturated rings. The largest absolute Gasteiger partial charge is 0.481 e. The summed E-state index contributed by atoms with van der Waals surface area (Å²) in [6.07, 6.45) is 0.615. The average Bonchev–Trinajstić information content (AvgIpc) is 2.74. The predicted octanol–water partition coefficient (Wildman–Crippen LogP) is 4.97. The summed E-state index contributed by atoms with van der Waals surface area (Å²) < 4.78 is 35.3. The Kier molecular flexibility index (Phi) is 9.63. The molecule has 3 atom stereocenters. The van der Waals surface area contributed by atoms with Crippen LogP contribution in [0.25, 0.3) is 0 Å². The molecule has 6 nitrogen and oxygen atoms in total. The maximum atomic E-state index is 14.1. The van der Waals surface area contributed by atoms with Crippen LogP contribution in [0.4, 0.5) is 0 Å². The lowest BCUT2D eigenvalue weighted by Gasteiger charge is -2.30. The SMILES string of the molecule is CC(C)(C)S(=O)N[C@H](CCC(=O)O)P(=O)(CCc1ccccc1)OCc1ccccc1. The van der Waals surface area contributed by atoms with Gasteiger partial charge in [-0.3, -0.25) is 9.36 Å². The van der Waals surface area contributed by atoms with Crippen molar-refractivity contribution in [2.24, 2.45) is 0 Å². The Morgan fingerprint density at radius 2 is 1.61 bits per heavy atom. The van der Waals surface area contributed by atoms with Gasteiger partial charge in [0.1, 0.15) is 0 Å². The Labute approximate surface area is 187 Å². The third kappa shape index (κ3) is 8.69. The molecule has 0 bridgehead atoms. The van der Waals surface area contributed by atoms with Crippen LogP contribution in [0.2, 0.25) is 0 Å². The Bertz CT molecular complexity index is 852. The second kappa shape index (κ2) is 11.7. The van der Waals surface area contributed by atoms with Gasteiger partial charge in [0.25, 0.3) is 0 Å². The molecule has 0 heterocycles. The van der Waals surface area contributed by atoms with E-state index in [2.05, 4.69) is 4.72 Å². The van der Waals surface area contributed by atoms with Gasteiger partial charge in [-0.05, 0) is 44.7 Å². The molecule has 170 valence electrons. The standard InChI is InChI=1S/C23H32NO5PS/c1-23(2,3)31(28)24-21(14-15-22(25)26)30(27,17-16-19-10-6-4-7-11-19)29-18-20-12-8-5-9-13-20/h4-13,21,24H,14-18H2,1-3H3,(H,25,26)/t21-,30?,31?/m0/s1. The van der Waals surface area contributed by atoms with Crippen molar-refractivity contribution >= 4 is 24.3 Å². The van der Waals surface area contributed by atoms with Crippen molar-refractivity contribution in [3.05, 3.63) is 71.8 Å². The van der Waals surface area contributed by atoms with Crippen LogP contribution in [0.5, 0.6) is 0 Å². The van der Waals surface area contributed by atoms with Gasteiger partial charge >= 0.3 is 5.97 Å². The van der Waals surface area contributed by atoms with Crippen molar-refractivity contribution in [3.63, 3.8) is 0 Å². The summed E-state index contributed by atoms with van der Waals surface area (Å²) in [4.78, 5) is 11.2. The Hall–Kier alpha value is -1.79. The van der Waals surface area contributed by atoms with E-state index in [0.29, 0.717) is 6.42 Å². The van der Waals surface area contributed by atoms with Crippen LogP contribution in [-0.4, -0.2) is 32.0 Å². The Morgan fingerprint density at radius 1 is 1.06 bits per heavy atom. The maximum absolute atomic E-state index is 14.1. The first-order valence-electron chi connectivity index (χ1n) is 10.3. The predicted molar refractivity (Wildman–Crippen MR) is 126 cm³/mol. The third-order valence-corrected chi connectivity index (χ3v) is 9.29. The van der Waals surface area contributed by atoms with Gasteiger partial charge in [0.15, 0.2) is 0 Å². The quantitative estimate of drug-likeness (QED) is 0.432. The van der Waals surface area contributed by atoms with Crippen LogP contribution in [-0.2, 0) is 37.9 Å². The fourth-order valence-corrected chi connectivity index (χ4v) is 6.62. The van der Waals surface area contributed by atoms with E-state index in [1.165, 1.54) is 0 Å². The van der Waals surface area contributed by atoms with Crippen molar-refractivity contribution in [1.29, 1.82) is 0 Å².